The quantitative estimate of drug-likeness (QED) is 0.802. The maximum atomic E-state index is 13.9. The van der Waals surface area contributed by atoms with E-state index >= 15 is 0 Å². The Hall–Kier alpha value is -2.76. The third-order valence-electron chi connectivity index (χ3n) is 4.34. The number of hydrogen-bond donors (Lipinski definition) is 1. The molecule has 4 nitrogen and oxygen atoms in total. The van der Waals surface area contributed by atoms with E-state index in [0.29, 0.717) is 30.7 Å². The van der Waals surface area contributed by atoms with Gasteiger partial charge in [0.1, 0.15) is 11.6 Å². The third-order valence-corrected chi connectivity index (χ3v) is 4.34. The first-order chi connectivity index (χ1) is 12.5. The zero-order valence-corrected chi connectivity index (χ0v) is 14.5. The molecule has 136 valence electrons. The lowest BCUT2D eigenvalue weighted by Gasteiger charge is -2.20. The summed E-state index contributed by atoms with van der Waals surface area (Å²) in [7, 11) is 0. The van der Waals surface area contributed by atoms with Crippen LogP contribution in [0.4, 0.5) is 8.78 Å². The van der Waals surface area contributed by atoms with Crippen LogP contribution >= 0.6 is 0 Å². The molecule has 0 aliphatic carbocycles. The topological polar surface area (TPSA) is 50.7 Å². The Bertz CT molecular complexity index is 838. The Morgan fingerprint density at radius 1 is 1.23 bits per heavy atom. The minimum atomic E-state index is -1.16. The lowest BCUT2D eigenvalue weighted by molar-refractivity contribution is -0.141. The van der Waals surface area contributed by atoms with Crippen LogP contribution in [0.15, 0.2) is 53.7 Å². The van der Waals surface area contributed by atoms with E-state index in [4.69, 9.17) is 4.84 Å². The van der Waals surface area contributed by atoms with E-state index in [1.54, 1.807) is 31.2 Å². The van der Waals surface area contributed by atoms with Gasteiger partial charge >= 0.3 is 0 Å². The van der Waals surface area contributed by atoms with Crippen molar-refractivity contribution < 1.29 is 18.4 Å². The summed E-state index contributed by atoms with van der Waals surface area (Å²) < 4.78 is 27.0. The van der Waals surface area contributed by atoms with Gasteiger partial charge in [0.25, 0.3) is 5.91 Å². The summed E-state index contributed by atoms with van der Waals surface area (Å²) in [5, 5.41) is 6.71. The van der Waals surface area contributed by atoms with Crippen LogP contribution in [0, 0.1) is 11.6 Å². The molecular weight excluding hydrogens is 338 g/mol. The number of nitrogens with zero attached hydrogens (tertiary/aromatic N) is 1. The highest BCUT2D eigenvalue weighted by atomic mass is 19.1. The van der Waals surface area contributed by atoms with Gasteiger partial charge in [0.2, 0.25) is 5.60 Å². The summed E-state index contributed by atoms with van der Waals surface area (Å²) in [4.78, 5) is 17.7. The largest absolute Gasteiger partial charge is 0.379 e. The summed E-state index contributed by atoms with van der Waals surface area (Å²) in [6.07, 6.45) is 1.53. The number of halogens is 2. The van der Waals surface area contributed by atoms with E-state index in [1.165, 1.54) is 18.2 Å². The van der Waals surface area contributed by atoms with Crippen molar-refractivity contribution in [3.8, 4) is 0 Å². The number of rotatable bonds is 6. The summed E-state index contributed by atoms with van der Waals surface area (Å²) >= 11 is 0. The van der Waals surface area contributed by atoms with Crippen LogP contribution < -0.4 is 5.32 Å². The lowest BCUT2D eigenvalue weighted by atomic mass is 9.95. The highest BCUT2D eigenvalue weighted by Crippen LogP contribution is 2.27. The number of carbonyl (C=O) groups excluding carboxylic acids is 1. The number of hydrogen-bond acceptors (Lipinski definition) is 3. The van der Waals surface area contributed by atoms with E-state index in [1.807, 2.05) is 6.07 Å². The molecule has 0 aromatic heterocycles. The van der Waals surface area contributed by atoms with Crippen molar-refractivity contribution in [2.24, 2.45) is 5.16 Å². The molecule has 6 heteroatoms. The molecule has 1 unspecified atom stereocenters. The van der Waals surface area contributed by atoms with Gasteiger partial charge in [-0.15, -0.1) is 0 Å². The molecule has 0 saturated heterocycles. The highest BCUT2D eigenvalue weighted by molar-refractivity contribution is 6.05. The van der Waals surface area contributed by atoms with Crippen molar-refractivity contribution in [1.82, 2.24) is 5.32 Å². The molecule has 0 bridgehead atoms. The van der Waals surface area contributed by atoms with Gasteiger partial charge in [0.05, 0.1) is 5.71 Å². The predicted molar refractivity (Wildman–Crippen MR) is 94.8 cm³/mol. The molecule has 0 radical (unpaired) electrons. The van der Waals surface area contributed by atoms with Gasteiger partial charge in [-0.2, -0.15) is 0 Å². The van der Waals surface area contributed by atoms with Crippen molar-refractivity contribution >= 4 is 11.6 Å². The number of carbonyl (C=O) groups is 1. The minimum absolute atomic E-state index is 0.198. The van der Waals surface area contributed by atoms with Crippen LogP contribution in [0.5, 0.6) is 0 Å². The number of oxime groups is 1. The molecule has 0 saturated carbocycles. The maximum Gasteiger partial charge on any atom is 0.267 e. The molecule has 1 aliphatic heterocycles. The van der Waals surface area contributed by atoms with Crippen LogP contribution in [0.2, 0.25) is 0 Å². The molecule has 2 aromatic rings. The van der Waals surface area contributed by atoms with Crippen LogP contribution in [0.3, 0.4) is 0 Å². The van der Waals surface area contributed by atoms with Gasteiger partial charge in [-0.1, -0.05) is 35.5 Å². The molecule has 1 amide bonds. The number of nitrogens with one attached hydrogen (secondary N) is 1. The van der Waals surface area contributed by atoms with E-state index < -0.39 is 11.4 Å². The predicted octanol–water partition coefficient (Wildman–Crippen LogP) is 3.60. The molecule has 26 heavy (non-hydrogen) atoms. The second-order valence-electron chi connectivity index (χ2n) is 6.51. The van der Waals surface area contributed by atoms with Crippen molar-refractivity contribution in [1.29, 1.82) is 0 Å². The monoisotopic (exact) mass is 358 g/mol. The molecule has 2 aromatic carbocycles. The molecule has 1 aliphatic rings. The molecule has 0 spiro atoms. The summed E-state index contributed by atoms with van der Waals surface area (Å²) in [6.45, 7) is 2.07. The molecule has 1 atom stereocenters. The Balaban J connectivity index is 1.50. The van der Waals surface area contributed by atoms with Gasteiger partial charge in [0.15, 0.2) is 0 Å². The Labute approximate surface area is 150 Å². The van der Waals surface area contributed by atoms with Gasteiger partial charge in [-0.25, -0.2) is 8.78 Å². The van der Waals surface area contributed by atoms with Crippen LogP contribution in [0.1, 0.15) is 30.9 Å². The smallest absolute Gasteiger partial charge is 0.267 e. The standard InChI is InChI=1S/C20H20F2N2O2/c1-20(13-18(24-26-20)16-9-2-3-10-17(16)22)19(25)23-11-5-7-14-6-4-8-15(21)12-14/h2-4,6,8-10,12H,5,7,11,13H2,1H3,(H,23,25). The Kier molecular flexibility index (Phi) is 5.30. The molecule has 3 rings (SSSR count). The van der Waals surface area contributed by atoms with Crippen molar-refractivity contribution in [2.45, 2.75) is 31.8 Å². The fraction of sp³-hybridized carbons (Fsp3) is 0.300. The van der Waals surface area contributed by atoms with Crippen LogP contribution in [-0.2, 0) is 16.1 Å². The van der Waals surface area contributed by atoms with E-state index in [0.717, 1.165) is 5.56 Å². The second kappa shape index (κ2) is 7.64. The van der Waals surface area contributed by atoms with Crippen molar-refractivity contribution in [2.75, 3.05) is 6.54 Å². The second-order valence-corrected chi connectivity index (χ2v) is 6.51. The Morgan fingerprint density at radius 2 is 2.04 bits per heavy atom. The van der Waals surface area contributed by atoms with Crippen molar-refractivity contribution in [3.63, 3.8) is 0 Å². The maximum absolute atomic E-state index is 13.9. The molecule has 1 heterocycles. The number of benzene rings is 2. The first-order valence-corrected chi connectivity index (χ1v) is 8.51. The normalized spacial score (nSPS) is 19.0. The highest BCUT2D eigenvalue weighted by Gasteiger charge is 2.42. The van der Waals surface area contributed by atoms with Crippen LogP contribution in [0.25, 0.3) is 0 Å². The molecular formula is C20H20F2N2O2. The van der Waals surface area contributed by atoms with E-state index in [2.05, 4.69) is 10.5 Å². The molecule has 0 fully saturated rings. The number of aryl methyl sites for hydroxylation is 1. The zero-order valence-electron chi connectivity index (χ0n) is 14.5. The Morgan fingerprint density at radius 3 is 2.81 bits per heavy atom. The van der Waals surface area contributed by atoms with E-state index in [-0.39, 0.29) is 18.1 Å². The lowest BCUT2D eigenvalue weighted by Crippen LogP contribution is -2.45. The first kappa shape index (κ1) is 18.0. The summed E-state index contributed by atoms with van der Waals surface area (Å²) in [6, 6.07) is 12.7. The minimum Gasteiger partial charge on any atom is -0.379 e. The SMILES string of the molecule is CC1(C(=O)NCCCc2cccc(F)c2)CC(c2ccccc2F)=NO1. The summed E-state index contributed by atoms with van der Waals surface area (Å²) in [5.74, 6) is -0.961. The van der Waals surface area contributed by atoms with Gasteiger partial charge in [-0.3, -0.25) is 4.79 Å². The average Bonchev–Trinajstić information content (AvgIpc) is 3.02. The molecule has 1 N–H and O–H groups in total. The van der Waals surface area contributed by atoms with Crippen LogP contribution in [-0.4, -0.2) is 23.8 Å². The van der Waals surface area contributed by atoms with Gasteiger partial charge in [-0.05, 0) is 43.5 Å². The van der Waals surface area contributed by atoms with Gasteiger partial charge in [0, 0.05) is 18.5 Å². The van der Waals surface area contributed by atoms with E-state index in [9.17, 15) is 13.6 Å². The van der Waals surface area contributed by atoms with Gasteiger partial charge < -0.3 is 10.2 Å². The van der Waals surface area contributed by atoms with Crippen molar-refractivity contribution in [3.05, 3.63) is 71.3 Å². The zero-order chi connectivity index (χ0) is 18.6. The summed E-state index contributed by atoms with van der Waals surface area (Å²) in [5.41, 5.74) is 0.486. The fourth-order valence-corrected chi connectivity index (χ4v) is 2.88. The third kappa shape index (κ3) is 4.07. The number of amides is 1. The first-order valence-electron chi connectivity index (χ1n) is 8.51. The average molecular weight is 358 g/mol. The fourth-order valence-electron chi connectivity index (χ4n) is 2.88.